The van der Waals surface area contributed by atoms with Crippen molar-refractivity contribution in [1.82, 2.24) is 0 Å². The van der Waals surface area contributed by atoms with Crippen molar-refractivity contribution in [2.24, 2.45) is 0 Å². The van der Waals surface area contributed by atoms with Gasteiger partial charge in [0, 0.05) is 4.47 Å². The molecule has 0 bridgehead atoms. The third-order valence-electron chi connectivity index (χ3n) is 7.16. The average Bonchev–Trinajstić information content (AvgIpc) is 3.33. The molecule has 0 fully saturated rings. The molecule has 0 heterocycles. The van der Waals surface area contributed by atoms with Crippen LogP contribution in [-0.2, 0) is 5.41 Å². The number of fused-ring (bicyclic) bond motifs is 10. The van der Waals surface area contributed by atoms with E-state index in [1.165, 1.54) is 60.1 Å². The largest absolute Gasteiger partial charge is 0.0736 e. The van der Waals surface area contributed by atoms with E-state index in [-0.39, 0.29) is 5.41 Å². The van der Waals surface area contributed by atoms with Gasteiger partial charge in [-0.3, -0.25) is 0 Å². The molecule has 7 rings (SSSR count). The lowest BCUT2D eigenvalue weighted by molar-refractivity contribution is 0.789. The summed E-state index contributed by atoms with van der Waals surface area (Å²) in [6.45, 7) is 0. The van der Waals surface area contributed by atoms with Gasteiger partial charge in [-0.05, 0) is 61.7 Å². The van der Waals surface area contributed by atoms with Gasteiger partial charge in [-0.1, -0.05) is 125 Å². The summed E-state index contributed by atoms with van der Waals surface area (Å²) < 4.78 is 1.17. The smallest absolute Gasteiger partial charge is 0.0622 e. The average molecular weight is 471 g/mol. The van der Waals surface area contributed by atoms with Crippen LogP contribution in [0.4, 0.5) is 0 Å². The van der Waals surface area contributed by atoms with Crippen LogP contribution in [0.15, 0.2) is 120 Å². The Balaban J connectivity index is 1.70. The first-order valence-corrected chi connectivity index (χ1v) is 11.8. The van der Waals surface area contributed by atoms with Crippen molar-refractivity contribution in [2.75, 3.05) is 0 Å². The Morgan fingerprint density at radius 2 is 1.00 bits per heavy atom. The van der Waals surface area contributed by atoms with Gasteiger partial charge in [0.15, 0.2) is 0 Å². The van der Waals surface area contributed by atoms with Crippen molar-refractivity contribution in [3.05, 3.63) is 142 Å². The normalized spacial score (nSPS) is 17.0. The molecule has 0 saturated carbocycles. The Labute approximate surface area is 196 Å². The summed E-state index contributed by atoms with van der Waals surface area (Å²) in [6.07, 6.45) is 0. The molecule has 0 saturated heterocycles. The van der Waals surface area contributed by atoms with Crippen molar-refractivity contribution in [3.63, 3.8) is 0 Å². The van der Waals surface area contributed by atoms with Gasteiger partial charge in [-0.15, -0.1) is 0 Å². The lowest BCUT2D eigenvalue weighted by Crippen LogP contribution is -2.26. The maximum atomic E-state index is 3.96. The highest BCUT2D eigenvalue weighted by atomic mass is 79.9. The van der Waals surface area contributed by atoms with Crippen LogP contribution in [0.5, 0.6) is 0 Å². The van der Waals surface area contributed by atoms with Crippen molar-refractivity contribution >= 4 is 15.9 Å². The van der Waals surface area contributed by atoms with Crippen molar-refractivity contribution in [1.29, 1.82) is 0 Å². The summed E-state index contributed by atoms with van der Waals surface area (Å²) in [6, 6.07) is 42.2. The van der Waals surface area contributed by atoms with Crippen LogP contribution < -0.4 is 0 Å². The first kappa shape index (κ1) is 18.2. The number of benzene rings is 5. The lowest BCUT2D eigenvalue weighted by atomic mass is 9.70. The lowest BCUT2D eigenvalue weighted by Gasteiger charge is -2.31. The van der Waals surface area contributed by atoms with E-state index in [0.29, 0.717) is 0 Å². The Morgan fingerprint density at radius 3 is 1.81 bits per heavy atom. The highest BCUT2D eigenvalue weighted by molar-refractivity contribution is 9.10. The molecule has 1 unspecified atom stereocenters. The molecule has 0 aromatic heterocycles. The first-order chi connectivity index (χ1) is 15.8. The fourth-order valence-electron chi connectivity index (χ4n) is 6.06. The molecule has 1 heteroatoms. The van der Waals surface area contributed by atoms with E-state index in [2.05, 4.69) is 131 Å². The van der Waals surface area contributed by atoms with Crippen LogP contribution in [-0.4, -0.2) is 0 Å². The minimum atomic E-state index is -0.317. The second-order valence-corrected chi connectivity index (χ2v) is 9.45. The van der Waals surface area contributed by atoms with E-state index in [1.54, 1.807) is 0 Å². The highest BCUT2D eigenvalue weighted by Crippen LogP contribution is 2.65. The fourth-order valence-corrected chi connectivity index (χ4v) is 6.72. The molecule has 1 spiro atoms. The molecule has 2 aliphatic rings. The van der Waals surface area contributed by atoms with Crippen LogP contribution in [0, 0.1) is 0 Å². The predicted octanol–water partition coefficient (Wildman–Crippen LogP) is 8.46. The summed E-state index contributed by atoms with van der Waals surface area (Å²) >= 11 is 3.96. The molecule has 32 heavy (non-hydrogen) atoms. The zero-order chi connectivity index (χ0) is 21.3. The van der Waals surface area contributed by atoms with Crippen molar-refractivity contribution in [2.45, 2.75) is 5.41 Å². The Morgan fingerprint density at radius 1 is 0.438 bits per heavy atom. The minimum absolute atomic E-state index is 0.317. The molecule has 5 aromatic carbocycles. The van der Waals surface area contributed by atoms with Crippen LogP contribution in [0.2, 0.25) is 0 Å². The molecule has 0 radical (unpaired) electrons. The number of hydrogen-bond acceptors (Lipinski definition) is 0. The predicted molar refractivity (Wildman–Crippen MR) is 136 cm³/mol. The Bertz CT molecular complexity index is 1530. The third-order valence-corrected chi connectivity index (χ3v) is 7.82. The van der Waals surface area contributed by atoms with Crippen LogP contribution in [0.3, 0.4) is 0 Å². The number of halogens is 1. The zero-order valence-electron chi connectivity index (χ0n) is 17.3. The van der Waals surface area contributed by atoms with Gasteiger partial charge in [0.25, 0.3) is 0 Å². The molecule has 0 amide bonds. The standard InChI is InChI=1S/C31H19Br/c32-28-19-9-15-23-22-12-4-6-16-25(22)31(30(23)28)26-17-7-5-13-24(26)29-21(14-8-18-27(29)31)20-10-2-1-3-11-20/h1-19H. The Kier molecular flexibility index (Phi) is 3.72. The summed E-state index contributed by atoms with van der Waals surface area (Å²) in [7, 11) is 0. The van der Waals surface area contributed by atoms with E-state index in [1.807, 2.05) is 0 Å². The van der Waals surface area contributed by atoms with Gasteiger partial charge in [0.05, 0.1) is 5.41 Å². The summed E-state index contributed by atoms with van der Waals surface area (Å²) in [5.41, 5.74) is 13.1. The molecule has 1 atom stereocenters. The molecule has 0 aliphatic heterocycles. The van der Waals surface area contributed by atoms with E-state index < -0.39 is 0 Å². The molecule has 150 valence electrons. The van der Waals surface area contributed by atoms with Gasteiger partial charge in [-0.2, -0.15) is 0 Å². The van der Waals surface area contributed by atoms with Crippen LogP contribution in [0.25, 0.3) is 33.4 Å². The van der Waals surface area contributed by atoms with Gasteiger partial charge in [0.2, 0.25) is 0 Å². The maximum absolute atomic E-state index is 3.96. The van der Waals surface area contributed by atoms with E-state index in [4.69, 9.17) is 0 Å². The maximum Gasteiger partial charge on any atom is 0.0736 e. The van der Waals surface area contributed by atoms with Crippen molar-refractivity contribution in [3.8, 4) is 33.4 Å². The van der Waals surface area contributed by atoms with E-state index >= 15 is 0 Å². The third kappa shape index (κ3) is 2.12. The molecule has 0 nitrogen and oxygen atoms in total. The number of rotatable bonds is 1. The van der Waals surface area contributed by atoms with Gasteiger partial charge in [0.1, 0.15) is 0 Å². The molecule has 5 aromatic rings. The molecular formula is C31H19Br. The van der Waals surface area contributed by atoms with Crippen LogP contribution in [0.1, 0.15) is 22.3 Å². The summed E-state index contributed by atoms with van der Waals surface area (Å²) in [5.74, 6) is 0. The molecular weight excluding hydrogens is 452 g/mol. The number of hydrogen-bond donors (Lipinski definition) is 0. The van der Waals surface area contributed by atoms with E-state index in [9.17, 15) is 0 Å². The van der Waals surface area contributed by atoms with Crippen LogP contribution >= 0.6 is 15.9 Å². The van der Waals surface area contributed by atoms with Crippen molar-refractivity contribution < 1.29 is 0 Å². The SMILES string of the molecule is Brc1cccc2c1C1(c3ccccc3-2)c2ccccc2-c2c(-c3ccccc3)cccc21. The summed E-state index contributed by atoms with van der Waals surface area (Å²) in [4.78, 5) is 0. The van der Waals surface area contributed by atoms with Gasteiger partial charge < -0.3 is 0 Å². The second kappa shape index (κ2) is 6.54. The topological polar surface area (TPSA) is 0 Å². The Hall–Kier alpha value is -3.42. The monoisotopic (exact) mass is 470 g/mol. The first-order valence-electron chi connectivity index (χ1n) is 11.0. The quantitative estimate of drug-likeness (QED) is 0.225. The zero-order valence-corrected chi connectivity index (χ0v) is 18.9. The fraction of sp³-hybridized carbons (Fsp3) is 0.0323. The van der Waals surface area contributed by atoms with Gasteiger partial charge in [-0.25, -0.2) is 0 Å². The molecule has 2 aliphatic carbocycles. The molecule has 0 N–H and O–H groups in total. The highest BCUT2D eigenvalue weighted by Gasteiger charge is 2.52. The second-order valence-electron chi connectivity index (χ2n) is 8.60. The minimum Gasteiger partial charge on any atom is -0.0622 e. The van der Waals surface area contributed by atoms with E-state index in [0.717, 1.165) is 0 Å². The van der Waals surface area contributed by atoms with Gasteiger partial charge >= 0.3 is 0 Å². The summed E-state index contributed by atoms with van der Waals surface area (Å²) in [5, 5.41) is 0.